The Morgan fingerprint density at radius 3 is 2.71 bits per heavy atom. The van der Waals surface area contributed by atoms with Gasteiger partial charge in [-0.05, 0) is 55.6 Å². The van der Waals surface area contributed by atoms with Crippen molar-refractivity contribution in [1.29, 1.82) is 0 Å². The van der Waals surface area contributed by atoms with E-state index in [9.17, 15) is 9.59 Å². The number of nitrogens with zero attached hydrogens (tertiary/aromatic N) is 1. The molecule has 5 nitrogen and oxygen atoms in total. The highest BCUT2D eigenvalue weighted by Gasteiger charge is 2.19. The number of thiophene rings is 1. The number of benzene rings is 1. The Labute approximate surface area is 176 Å². The summed E-state index contributed by atoms with van der Waals surface area (Å²) in [6, 6.07) is 10.0. The van der Waals surface area contributed by atoms with Crippen molar-refractivity contribution in [2.75, 3.05) is 0 Å². The highest BCUT2D eigenvalue weighted by Crippen LogP contribution is 2.30. The zero-order valence-electron chi connectivity index (χ0n) is 15.3. The molecule has 0 fully saturated rings. The van der Waals surface area contributed by atoms with Crippen LogP contribution >= 0.6 is 34.9 Å². The Morgan fingerprint density at radius 2 is 1.96 bits per heavy atom. The van der Waals surface area contributed by atoms with Crippen LogP contribution in [0.25, 0.3) is 11.3 Å². The van der Waals surface area contributed by atoms with E-state index >= 15 is 0 Å². The molecule has 0 unspecified atom stereocenters. The van der Waals surface area contributed by atoms with Crippen molar-refractivity contribution in [3.8, 4) is 11.3 Å². The van der Waals surface area contributed by atoms with E-state index in [0.717, 1.165) is 30.5 Å². The fourth-order valence-corrected chi connectivity index (χ4v) is 5.46. The number of aromatic nitrogens is 1. The second kappa shape index (κ2) is 7.98. The number of carbonyl (C=O) groups is 2. The molecule has 1 aliphatic carbocycles. The third-order valence-corrected chi connectivity index (χ3v) is 7.23. The normalized spacial score (nSPS) is 12.6. The Morgan fingerprint density at radius 1 is 1.18 bits per heavy atom. The van der Waals surface area contributed by atoms with Crippen LogP contribution in [-0.4, -0.2) is 16.4 Å². The SMILES string of the molecule is Cc1ccc(-c2csc(=S)n2CC(=O)NNC(=O)c2cc3c(s2)CCC3)cc1. The Kier molecular flexibility index (Phi) is 5.43. The van der Waals surface area contributed by atoms with Crippen LogP contribution in [0, 0.1) is 10.9 Å². The molecule has 0 bridgehead atoms. The van der Waals surface area contributed by atoms with Crippen LogP contribution in [0.2, 0.25) is 0 Å². The van der Waals surface area contributed by atoms with Gasteiger partial charge < -0.3 is 4.57 Å². The van der Waals surface area contributed by atoms with Crippen molar-refractivity contribution in [1.82, 2.24) is 15.4 Å². The van der Waals surface area contributed by atoms with Crippen LogP contribution < -0.4 is 10.9 Å². The van der Waals surface area contributed by atoms with Crippen LogP contribution in [0.4, 0.5) is 0 Å². The van der Waals surface area contributed by atoms with Crippen molar-refractivity contribution in [3.05, 3.63) is 60.5 Å². The van der Waals surface area contributed by atoms with Crippen LogP contribution in [0.3, 0.4) is 0 Å². The smallest absolute Gasteiger partial charge is 0.279 e. The Hall–Kier alpha value is -2.29. The van der Waals surface area contributed by atoms with Crippen LogP contribution in [0.5, 0.6) is 0 Å². The summed E-state index contributed by atoms with van der Waals surface area (Å²) < 4.78 is 2.40. The number of hydrogen-bond acceptors (Lipinski definition) is 5. The van der Waals surface area contributed by atoms with Crippen LogP contribution in [-0.2, 0) is 24.2 Å². The Bertz CT molecular complexity index is 1070. The average molecular weight is 430 g/mol. The molecule has 0 spiro atoms. The number of rotatable bonds is 4. The second-order valence-corrected chi connectivity index (χ2v) is 9.39. The number of thiazole rings is 1. The molecule has 144 valence electrons. The van der Waals surface area contributed by atoms with E-state index in [1.54, 1.807) is 4.57 Å². The van der Waals surface area contributed by atoms with E-state index in [1.807, 2.05) is 42.6 Å². The van der Waals surface area contributed by atoms with Gasteiger partial charge in [-0.15, -0.1) is 22.7 Å². The molecule has 2 aromatic heterocycles. The highest BCUT2D eigenvalue weighted by atomic mass is 32.1. The summed E-state index contributed by atoms with van der Waals surface area (Å²) in [5.74, 6) is -0.597. The maximum Gasteiger partial charge on any atom is 0.279 e. The minimum absolute atomic E-state index is 0.0484. The summed E-state index contributed by atoms with van der Waals surface area (Å²) in [6.45, 7) is 2.08. The summed E-state index contributed by atoms with van der Waals surface area (Å²) in [5.41, 5.74) is 9.34. The summed E-state index contributed by atoms with van der Waals surface area (Å²) in [6.07, 6.45) is 3.23. The van der Waals surface area contributed by atoms with Crippen molar-refractivity contribution >= 4 is 46.7 Å². The molecule has 0 atom stereocenters. The molecule has 0 saturated carbocycles. The number of nitrogens with one attached hydrogen (secondary N) is 2. The maximum absolute atomic E-state index is 12.4. The largest absolute Gasteiger partial charge is 0.313 e. The van der Waals surface area contributed by atoms with Crippen molar-refractivity contribution in [2.45, 2.75) is 32.7 Å². The first-order chi connectivity index (χ1) is 13.5. The molecular weight excluding hydrogens is 410 g/mol. The minimum atomic E-state index is -0.319. The van der Waals surface area contributed by atoms with Gasteiger partial charge in [0.25, 0.3) is 11.8 Å². The van der Waals surface area contributed by atoms with E-state index in [4.69, 9.17) is 12.2 Å². The Balaban J connectivity index is 1.41. The van der Waals surface area contributed by atoms with Gasteiger partial charge in [-0.3, -0.25) is 20.4 Å². The van der Waals surface area contributed by atoms with Gasteiger partial charge in [-0.25, -0.2) is 0 Å². The van der Waals surface area contributed by atoms with Crippen LogP contribution in [0.1, 0.15) is 32.1 Å². The maximum atomic E-state index is 12.4. The van der Waals surface area contributed by atoms with Gasteiger partial charge in [0, 0.05) is 10.3 Å². The third-order valence-electron chi connectivity index (χ3n) is 4.72. The molecule has 1 aliphatic rings. The zero-order chi connectivity index (χ0) is 19.7. The molecule has 0 aliphatic heterocycles. The number of aryl methyl sites for hydroxylation is 3. The van der Waals surface area contributed by atoms with E-state index in [1.165, 1.54) is 38.7 Å². The molecular formula is C20H19N3O2S3. The summed E-state index contributed by atoms with van der Waals surface area (Å²) in [7, 11) is 0. The van der Waals surface area contributed by atoms with Crippen LogP contribution in [0.15, 0.2) is 35.7 Å². The lowest BCUT2D eigenvalue weighted by atomic mass is 10.1. The highest BCUT2D eigenvalue weighted by molar-refractivity contribution is 7.73. The molecule has 2 N–H and O–H groups in total. The lowest BCUT2D eigenvalue weighted by Gasteiger charge is -2.10. The predicted octanol–water partition coefficient (Wildman–Crippen LogP) is 4.27. The number of fused-ring (bicyclic) bond motifs is 1. The van der Waals surface area contributed by atoms with Gasteiger partial charge in [-0.2, -0.15) is 0 Å². The number of carbonyl (C=O) groups excluding carboxylic acids is 2. The van der Waals surface area contributed by atoms with Gasteiger partial charge in [-0.1, -0.05) is 29.8 Å². The topological polar surface area (TPSA) is 63.1 Å². The minimum Gasteiger partial charge on any atom is -0.313 e. The number of amides is 2. The average Bonchev–Trinajstić information content (AvgIpc) is 3.36. The summed E-state index contributed by atoms with van der Waals surface area (Å²) >= 11 is 8.31. The summed E-state index contributed by atoms with van der Waals surface area (Å²) in [5, 5.41) is 1.95. The van der Waals surface area contributed by atoms with Gasteiger partial charge in [0.2, 0.25) is 0 Å². The predicted molar refractivity (Wildman–Crippen MR) is 115 cm³/mol. The van der Waals surface area contributed by atoms with Crippen molar-refractivity contribution in [3.63, 3.8) is 0 Å². The first kappa shape index (κ1) is 19.0. The monoisotopic (exact) mass is 429 g/mol. The zero-order valence-corrected chi connectivity index (χ0v) is 17.7. The van der Waals surface area contributed by atoms with Gasteiger partial charge in [0.05, 0.1) is 10.6 Å². The van der Waals surface area contributed by atoms with E-state index < -0.39 is 0 Å². The van der Waals surface area contributed by atoms with Gasteiger partial charge >= 0.3 is 0 Å². The van der Waals surface area contributed by atoms with E-state index in [0.29, 0.717) is 8.83 Å². The first-order valence-corrected chi connectivity index (χ1v) is 11.1. The molecule has 0 saturated heterocycles. The second-order valence-electron chi connectivity index (χ2n) is 6.75. The molecule has 3 aromatic rings. The molecule has 0 radical (unpaired) electrons. The van der Waals surface area contributed by atoms with Gasteiger partial charge in [0.15, 0.2) is 3.95 Å². The molecule has 28 heavy (non-hydrogen) atoms. The molecule has 8 heteroatoms. The molecule has 1 aromatic carbocycles. The first-order valence-electron chi connectivity index (χ1n) is 8.97. The van der Waals surface area contributed by atoms with E-state index in [2.05, 4.69) is 10.9 Å². The summed E-state index contributed by atoms with van der Waals surface area (Å²) in [4.78, 5) is 26.6. The quantitative estimate of drug-likeness (QED) is 0.481. The molecule has 2 amide bonds. The lowest BCUT2D eigenvalue weighted by molar-refractivity contribution is -0.122. The molecule has 4 rings (SSSR count). The fourth-order valence-electron chi connectivity index (χ4n) is 3.24. The van der Waals surface area contributed by atoms with Crippen molar-refractivity contribution < 1.29 is 9.59 Å². The van der Waals surface area contributed by atoms with E-state index in [-0.39, 0.29) is 18.4 Å². The lowest BCUT2D eigenvalue weighted by Crippen LogP contribution is -2.43. The fraction of sp³-hybridized carbons (Fsp3) is 0.250. The molecule has 2 heterocycles. The standard InChI is InChI=1S/C20H19N3O2S3/c1-12-5-7-13(8-6-12)15-11-27-20(26)23(15)10-18(24)21-22-19(25)17-9-14-3-2-4-16(14)28-17/h5-9,11H,2-4,10H2,1H3,(H,21,24)(H,22,25). The number of hydrazine groups is 1. The third kappa shape index (κ3) is 3.94. The van der Waals surface area contributed by atoms with Gasteiger partial charge in [0.1, 0.15) is 6.54 Å². The number of hydrogen-bond donors (Lipinski definition) is 2. The van der Waals surface area contributed by atoms with Crippen molar-refractivity contribution in [2.24, 2.45) is 0 Å².